The zero-order valence-corrected chi connectivity index (χ0v) is 12.2. The maximum atomic E-state index is 11.8. The van der Waals surface area contributed by atoms with E-state index < -0.39 is 23.9 Å². The van der Waals surface area contributed by atoms with Crippen LogP contribution in [0, 0.1) is 0 Å². The van der Waals surface area contributed by atoms with Crippen LogP contribution >= 0.6 is 0 Å². The fourth-order valence-electron chi connectivity index (χ4n) is 1.56. The second kappa shape index (κ2) is 7.64. The highest BCUT2D eigenvalue weighted by Gasteiger charge is 2.20. The number of hydrogen-bond donors (Lipinski definition) is 2. The first kappa shape index (κ1) is 16.1. The van der Waals surface area contributed by atoms with Crippen LogP contribution in [-0.4, -0.2) is 33.9 Å². The van der Waals surface area contributed by atoms with Gasteiger partial charge in [0.25, 0.3) is 11.8 Å². The number of hydrogen-bond acceptors (Lipinski definition) is 6. The lowest BCUT2D eigenvalue weighted by molar-refractivity contribution is -0.129. The quantitative estimate of drug-likeness (QED) is 0.627. The largest absolute Gasteiger partial charge is 0.448 e. The number of rotatable bonds is 4. The number of nitrogens with one attached hydrogen (secondary N) is 2. The summed E-state index contributed by atoms with van der Waals surface area (Å²) in [5, 5.41) is 0. The molecule has 0 saturated heterocycles. The predicted octanol–water partition coefficient (Wildman–Crippen LogP) is 0.483. The Hall–Kier alpha value is -3.29. The van der Waals surface area contributed by atoms with Crippen LogP contribution in [0.15, 0.2) is 48.9 Å². The average molecular weight is 314 g/mol. The molecule has 0 unspecified atom stereocenters. The molecule has 0 aliphatic carbocycles. The number of nitrogens with zero attached hydrogens (tertiary/aromatic N) is 2. The third-order valence-electron chi connectivity index (χ3n) is 2.76. The van der Waals surface area contributed by atoms with Crippen molar-refractivity contribution in [3.8, 4) is 0 Å². The van der Waals surface area contributed by atoms with E-state index in [1.54, 1.807) is 30.3 Å². The molecule has 23 heavy (non-hydrogen) atoms. The fourth-order valence-corrected chi connectivity index (χ4v) is 1.56. The van der Waals surface area contributed by atoms with Gasteiger partial charge in [-0.2, -0.15) is 0 Å². The van der Waals surface area contributed by atoms with Crippen molar-refractivity contribution in [1.82, 2.24) is 20.8 Å². The molecule has 0 fully saturated rings. The summed E-state index contributed by atoms with van der Waals surface area (Å²) < 4.78 is 4.93. The fraction of sp³-hybridized carbons (Fsp3) is 0.133. The summed E-state index contributed by atoms with van der Waals surface area (Å²) in [5.41, 5.74) is 4.79. The molecule has 0 radical (unpaired) electrons. The lowest BCUT2D eigenvalue weighted by Gasteiger charge is -2.13. The predicted molar refractivity (Wildman–Crippen MR) is 79.0 cm³/mol. The zero-order chi connectivity index (χ0) is 16.7. The van der Waals surface area contributed by atoms with Gasteiger partial charge in [-0.1, -0.05) is 18.2 Å². The molecule has 2 amide bonds. The van der Waals surface area contributed by atoms with Crippen LogP contribution in [-0.2, 0) is 9.53 Å². The first-order valence-electron chi connectivity index (χ1n) is 6.70. The van der Waals surface area contributed by atoms with Gasteiger partial charge in [0.15, 0.2) is 11.8 Å². The minimum absolute atomic E-state index is 0.0135. The Balaban J connectivity index is 1.83. The highest BCUT2D eigenvalue weighted by molar-refractivity contribution is 5.96. The Labute approximate surface area is 131 Å². The molecule has 0 bridgehead atoms. The molecule has 2 N–H and O–H groups in total. The van der Waals surface area contributed by atoms with Gasteiger partial charge in [0.1, 0.15) is 0 Å². The minimum Gasteiger partial charge on any atom is -0.448 e. The van der Waals surface area contributed by atoms with E-state index in [4.69, 9.17) is 4.74 Å². The molecule has 118 valence electrons. The molecular weight excluding hydrogens is 300 g/mol. The van der Waals surface area contributed by atoms with Crippen molar-refractivity contribution in [2.45, 2.75) is 13.0 Å². The number of hydrazine groups is 1. The van der Waals surface area contributed by atoms with E-state index in [9.17, 15) is 14.4 Å². The first-order chi connectivity index (χ1) is 11.1. The van der Waals surface area contributed by atoms with Gasteiger partial charge in [-0.05, 0) is 19.1 Å². The lowest BCUT2D eigenvalue weighted by Crippen LogP contribution is -2.46. The summed E-state index contributed by atoms with van der Waals surface area (Å²) >= 11 is 0. The maximum Gasteiger partial charge on any atom is 0.359 e. The van der Waals surface area contributed by atoms with Gasteiger partial charge < -0.3 is 4.74 Å². The van der Waals surface area contributed by atoms with Crippen molar-refractivity contribution in [1.29, 1.82) is 0 Å². The zero-order valence-electron chi connectivity index (χ0n) is 12.2. The highest BCUT2D eigenvalue weighted by atomic mass is 16.5. The van der Waals surface area contributed by atoms with Crippen LogP contribution in [0.4, 0.5) is 0 Å². The Morgan fingerprint density at radius 1 is 1.09 bits per heavy atom. The molecule has 8 heteroatoms. The normalized spacial score (nSPS) is 11.2. The van der Waals surface area contributed by atoms with Crippen LogP contribution in [0.5, 0.6) is 0 Å². The molecule has 0 saturated carbocycles. The molecule has 1 aromatic carbocycles. The van der Waals surface area contributed by atoms with E-state index in [1.165, 1.54) is 25.5 Å². The van der Waals surface area contributed by atoms with Crippen molar-refractivity contribution in [3.05, 3.63) is 60.2 Å². The first-order valence-corrected chi connectivity index (χ1v) is 6.70. The van der Waals surface area contributed by atoms with Crippen LogP contribution in [0.1, 0.15) is 27.8 Å². The van der Waals surface area contributed by atoms with E-state index in [-0.39, 0.29) is 5.69 Å². The van der Waals surface area contributed by atoms with Gasteiger partial charge in [0.05, 0.1) is 6.20 Å². The van der Waals surface area contributed by atoms with Gasteiger partial charge in [0, 0.05) is 18.0 Å². The van der Waals surface area contributed by atoms with Gasteiger partial charge in [0.2, 0.25) is 0 Å². The molecule has 2 aromatic rings. The van der Waals surface area contributed by atoms with Crippen molar-refractivity contribution in [2.24, 2.45) is 0 Å². The van der Waals surface area contributed by atoms with Gasteiger partial charge >= 0.3 is 5.97 Å². The number of carbonyl (C=O) groups excluding carboxylic acids is 3. The molecule has 1 aromatic heterocycles. The van der Waals surface area contributed by atoms with Gasteiger partial charge in [-0.15, -0.1) is 0 Å². The molecule has 0 aliphatic rings. The van der Waals surface area contributed by atoms with Crippen LogP contribution < -0.4 is 10.9 Å². The minimum atomic E-state index is -1.11. The summed E-state index contributed by atoms with van der Waals surface area (Å²) in [6, 6.07) is 8.35. The Morgan fingerprint density at radius 2 is 1.83 bits per heavy atom. The number of carbonyl (C=O) groups is 3. The van der Waals surface area contributed by atoms with Gasteiger partial charge in [-0.25, -0.2) is 9.78 Å². The number of aromatic nitrogens is 2. The number of ether oxygens (including phenoxy) is 1. The number of benzene rings is 1. The lowest BCUT2D eigenvalue weighted by atomic mass is 10.2. The van der Waals surface area contributed by atoms with E-state index in [1.807, 2.05) is 0 Å². The smallest absolute Gasteiger partial charge is 0.359 e. The summed E-state index contributed by atoms with van der Waals surface area (Å²) in [5.74, 6) is -1.94. The van der Waals surface area contributed by atoms with Crippen molar-refractivity contribution < 1.29 is 19.1 Å². The molecule has 0 spiro atoms. The Bertz CT molecular complexity index is 691. The molecule has 0 aliphatic heterocycles. The number of amides is 2. The monoisotopic (exact) mass is 314 g/mol. The topological polar surface area (TPSA) is 110 Å². The van der Waals surface area contributed by atoms with E-state index >= 15 is 0 Å². The van der Waals surface area contributed by atoms with Crippen molar-refractivity contribution >= 4 is 17.8 Å². The summed E-state index contributed by atoms with van der Waals surface area (Å²) in [4.78, 5) is 42.8. The summed E-state index contributed by atoms with van der Waals surface area (Å²) in [6.45, 7) is 1.37. The molecule has 1 atom stereocenters. The highest BCUT2D eigenvalue weighted by Crippen LogP contribution is 2.00. The van der Waals surface area contributed by atoms with Crippen molar-refractivity contribution in [3.63, 3.8) is 0 Å². The third kappa shape index (κ3) is 4.60. The Morgan fingerprint density at radius 3 is 2.48 bits per heavy atom. The van der Waals surface area contributed by atoms with Gasteiger partial charge in [-0.3, -0.25) is 25.4 Å². The maximum absolute atomic E-state index is 11.8. The van der Waals surface area contributed by atoms with Crippen LogP contribution in [0.3, 0.4) is 0 Å². The molecular formula is C15H14N4O4. The van der Waals surface area contributed by atoms with E-state index in [0.29, 0.717) is 5.56 Å². The Kier molecular flexibility index (Phi) is 5.35. The second-order valence-corrected chi connectivity index (χ2v) is 4.45. The molecule has 8 nitrogen and oxygen atoms in total. The van der Waals surface area contributed by atoms with E-state index in [2.05, 4.69) is 20.8 Å². The summed E-state index contributed by atoms with van der Waals surface area (Å²) in [6.07, 6.45) is 2.86. The SMILES string of the molecule is C[C@@H](OC(=O)c1cnccn1)C(=O)NNC(=O)c1ccccc1. The van der Waals surface area contributed by atoms with Crippen LogP contribution in [0.25, 0.3) is 0 Å². The average Bonchev–Trinajstić information content (AvgIpc) is 2.60. The standard InChI is InChI=1S/C15H14N4O4/c1-10(23-15(22)12-9-16-7-8-17-12)13(20)18-19-14(21)11-5-3-2-4-6-11/h2-10H,1H3,(H,18,20)(H,19,21)/t10-/m1/s1. The molecule has 2 rings (SSSR count). The number of esters is 1. The van der Waals surface area contributed by atoms with Crippen LogP contribution in [0.2, 0.25) is 0 Å². The van der Waals surface area contributed by atoms with E-state index in [0.717, 1.165) is 0 Å². The van der Waals surface area contributed by atoms with Crippen molar-refractivity contribution in [2.75, 3.05) is 0 Å². The molecule has 1 heterocycles. The summed E-state index contributed by atoms with van der Waals surface area (Å²) in [7, 11) is 0. The third-order valence-corrected chi connectivity index (χ3v) is 2.76. The second-order valence-electron chi connectivity index (χ2n) is 4.45.